The molecular weight excluding hydrogens is 252 g/mol. The first kappa shape index (κ1) is 11.0. The lowest BCUT2D eigenvalue weighted by molar-refractivity contribution is 0.619. The first-order valence-electron chi connectivity index (χ1n) is 5.43. The maximum absolute atomic E-state index is 5.85. The number of benzene rings is 1. The van der Waals surface area contributed by atoms with Crippen LogP contribution in [0.2, 0.25) is 0 Å². The summed E-state index contributed by atoms with van der Waals surface area (Å²) in [5.41, 5.74) is 8.58. The Labute approximate surface area is 99.6 Å². The van der Waals surface area contributed by atoms with Gasteiger partial charge in [-0.3, -0.25) is 0 Å². The maximum Gasteiger partial charge on any atom is 0.0400 e. The predicted molar refractivity (Wildman–Crippen MR) is 68.4 cm³/mol. The van der Waals surface area contributed by atoms with E-state index in [1.54, 1.807) is 0 Å². The largest absolute Gasteiger partial charge is 0.374 e. The van der Waals surface area contributed by atoms with Crippen molar-refractivity contribution in [3.8, 4) is 0 Å². The summed E-state index contributed by atoms with van der Waals surface area (Å²) in [6.45, 7) is 1.88. The molecule has 0 fully saturated rings. The van der Waals surface area contributed by atoms with Crippen LogP contribution in [-0.4, -0.2) is 20.1 Å². The van der Waals surface area contributed by atoms with Crippen molar-refractivity contribution in [1.29, 1.82) is 0 Å². The summed E-state index contributed by atoms with van der Waals surface area (Å²) < 4.78 is 1.15. The molecule has 15 heavy (non-hydrogen) atoms. The van der Waals surface area contributed by atoms with Crippen LogP contribution in [0.3, 0.4) is 0 Å². The van der Waals surface area contributed by atoms with Crippen LogP contribution in [0.15, 0.2) is 22.7 Å². The second-order valence-electron chi connectivity index (χ2n) is 4.20. The molecule has 1 aromatic rings. The Morgan fingerprint density at radius 1 is 1.53 bits per heavy atom. The molecule has 3 heteroatoms. The third-order valence-electron chi connectivity index (χ3n) is 3.17. The van der Waals surface area contributed by atoms with Crippen molar-refractivity contribution >= 4 is 21.6 Å². The van der Waals surface area contributed by atoms with Gasteiger partial charge < -0.3 is 10.6 Å². The van der Waals surface area contributed by atoms with Gasteiger partial charge in [0, 0.05) is 23.8 Å². The minimum Gasteiger partial charge on any atom is -0.374 e. The van der Waals surface area contributed by atoms with Crippen LogP contribution in [0.5, 0.6) is 0 Å². The fourth-order valence-corrected chi connectivity index (χ4v) is 2.67. The number of nitrogens with zero attached hydrogens (tertiary/aromatic N) is 1. The van der Waals surface area contributed by atoms with E-state index in [2.05, 4.69) is 46.1 Å². The lowest BCUT2D eigenvalue weighted by Gasteiger charge is -2.21. The second kappa shape index (κ2) is 4.54. The van der Waals surface area contributed by atoms with E-state index in [1.165, 1.54) is 24.1 Å². The summed E-state index contributed by atoms with van der Waals surface area (Å²) in [7, 11) is 2.16. The van der Waals surface area contributed by atoms with E-state index in [4.69, 9.17) is 5.73 Å². The molecule has 0 spiro atoms. The number of hydrogen-bond acceptors (Lipinski definition) is 2. The van der Waals surface area contributed by atoms with Crippen molar-refractivity contribution in [3.05, 3.63) is 28.2 Å². The van der Waals surface area contributed by atoms with Crippen LogP contribution < -0.4 is 10.6 Å². The number of anilines is 1. The number of fused-ring (bicyclic) bond motifs is 1. The van der Waals surface area contributed by atoms with Crippen LogP contribution in [0, 0.1) is 0 Å². The number of halogens is 1. The first-order valence-corrected chi connectivity index (χ1v) is 6.22. The Bertz CT molecular complexity index is 351. The molecule has 1 heterocycles. The smallest absolute Gasteiger partial charge is 0.0400 e. The molecule has 0 bridgehead atoms. The minimum absolute atomic E-state index is 0.516. The van der Waals surface area contributed by atoms with Gasteiger partial charge in [-0.2, -0.15) is 0 Å². The van der Waals surface area contributed by atoms with Gasteiger partial charge in [-0.15, -0.1) is 0 Å². The zero-order valence-corrected chi connectivity index (χ0v) is 10.6. The number of rotatable bonds is 1. The molecule has 1 aliphatic rings. The van der Waals surface area contributed by atoms with Crippen molar-refractivity contribution in [1.82, 2.24) is 0 Å². The maximum atomic E-state index is 5.85. The molecule has 2 N–H and O–H groups in total. The quantitative estimate of drug-likeness (QED) is 0.849. The fourth-order valence-electron chi connectivity index (χ4n) is 2.30. The fraction of sp³-hybridized carbons (Fsp3) is 0.500. The molecule has 0 radical (unpaired) electrons. The molecule has 1 aromatic carbocycles. The van der Waals surface area contributed by atoms with E-state index in [1.807, 2.05) is 0 Å². The molecule has 1 atom stereocenters. The van der Waals surface area contributed by atoms with E-state index in [0.29, 0.717) is 5.92 Å². The Morgan fingerprint density at radius 3 is 3.07 bits per heavy atom. The monoisotopic (exact) mass is 268 g/mol. The zero-order valence-electron chi connectivity index (χ0n) is 9.04. The Morgan fingerprint density at radius 2 is 2.33 bits per heavy atom. The van der Waals surface area contributed by atoms with Crippen molar-refractivity contribution in [3.63, 3.8) is 0 Å². The summed E-state index contributed by atoms with van der Waals surface area (Å²) in [6.07, 6.45) is 2.43. The molecule has 82 valence electrons. The average Bonchev–Trinajstić information content (AvgIpc) is 2.38. The van der Waals surface area contributed by atoms with Crippen molar-refractivity contribution in [2.45, 2.75) is 18.8 Å². The van der Waals surface area contributed by atoms with Crippen LogP contribution in [0.4, 0.5) is 5.69 Å². The highest BCUT2D eigenvalue weighted by molar-refractivity contribution is 9.10. The minimum atomic E-state index is 0.516. The molecular formula is C12H17BrN2. The van der Waals surface area contributed by atoms with Gasteiger partial charge >= 0.3 is 0 Å². The Kier molecular flexibility index (Phi) is 3.32. The van der Waals surface area contributed by atoms with Gasteiger partial charge in [0.2, 0.25) is 0 Å². The van der Waals surface area contributed by atoms with Crippen LogP contribution >= 0.6 is 15.9 Å². The third-order valence-corrected chi connectivity index (χ3v) is 3.66. The highest BCUT2D eigenvalue weighted by Crippen LogP contribution is 2.34. The molecule has 0 aliphatic carbocycles. The van der Waals surface area contributed by atoms with Crippen molar-refractivity contribution in [2.75, 3.05) is 25.0 Å². The molecule has 2 nitrogen and oxygen atoms in total. The average molecular weight is 269 g/mol. The normalized spacial score (nSPS) is 21.0. The molecule has 0 saturated carbocycles. The number of nitrogens with two attached hydrogens (primary N) is 1. The molecule has 2 rings (SSSR count). The van der Waals surface area contributed by atoms with Crippen LogP contribution in [0.1, 0.15) is 24.3 Å². The van der Waals surface area contributed by atoms with Gasteiger partial charge in [0.25, 0.3) is 0 Å². The molecule has 0 aromatic heterocycles. The van der Waals surface area contributed by atoms with Gasteiger partial charge in [-0.25, -0.2) is 0 Å². The lowest BCUT2D eigenvalue weighted by Crippen LogP contribution is -2.17. The van der Waals surface area contributed by atoms with Gasteiger partial charge in [-0.1, -0.05) is 15.9 Å². The summed E-state index contributed by atoms with van der Waals surface area (Å²) in [5, 5.41) is 0. The zero-order chi connectivity index (χ0) is 10.8. The molecule has 0 saturated heterocycles. The summed E-state index contributed by atoms with van der Waals surface area (Å²) >= 11 is 3.53. The second-order valence-corrected chi connectivity index (χ2v) is 5.12. The van der Waals surface area contributed by atoms with E-state index >= 15 is 0 Å². The summed E-state index contributed by atoms with van der Waals surface area (Å²) in [4.78, 5) is 2.33. The topological polar surface area (TPSA) is 29.3 Å². The van der Waals surface area contributed by atoms with E-state index in [9.17, 15) is 0 Å². The predicted octanol–water partition coefficient (Wildman–Crippen LogP) is 2.72. The first-order chi connectivity index (χ1) is 7.22. The van der Waals surface area contributed by atoms with Gasteiger partial charge in [-0.05, 0) is 49.1 Å². The SMILES string of the molecule is CN1CCCC(CN)c2cc(Br)ccc21. The third kappa shape index (κ3) is 2.18. The van der Waals surface area contributed by atoms with E-state index in [-0.39, 0.29) is 0 Å². The highest BCUT2D eigenvalue weighted by atomic mass is 79.9. The van der Waals surface area contributed by atoms with E-state index < -0.39 is 0 Å². The summed E-state index contributed by atoms with van der Waals surface area (Å²) in [6, 6.07) is 6.51. The highest BCUT2D eigenvalue weighted by Gasteiger charge is 2.20. The van der Waals surface area contributed by atoms with Crippen LogP contribution in [0.25, 0.3) is 0 Å². The van der Waals surface area contributed by atoms with Crippen molar-refractivity contribution in [2.24, 2.45) is 5.73 Å². The molecule has 1 aliphatic heterocycles. The Balaban J connectivity index is 2.46. The van der Waals surface area contributed by atoms with Gasteiger partial charge in [0.15, 0.2) is 0 Å². The van der Waals surface area contributed by atoms with E-state index in [0.717, 1.165) is 17.6 Å². The van der Waals surface area contributed by atoms with Crippen molar-refractivity contribution < 1.29 is 0 Å². The molecule has 0 amide bonds. The molecule has 1 unspecified atom stereocenters. The summed E-state index contributed by atoms with van der Waals surface area (Å²) in [5.74, 6) is 0.516. The van der Waals surface area contributed by atoms with Crippen LogP contribution in [-0.2, 0) is 0 Å². The lowest BCUT2D eigenvalue weighted by atomic mass is 9.94. The Hall–Kier alpha value is -0.540. The number of hydrogen-bond donors (Lipinski definition) is 1. The van der Waals surface area contributed by atoms with Gasteiger partial charge in [0.05, 0.1) is 0 Å². The van der Waals surface area contributed by atoms with Gasteiger partial charge in [0.1, 0.15) is 0 Å². The standard InChI is InChI=1S/C12H17BrN2/c1-15-6-2-3-9(8-14)11-7-10(13)4-5-12(11)15/h4-5,7,9H,2-3,6,8,14H2,1H3.